The van der Waals surface area contributed by atoms with Crippen molar-refractivity contribution in [1.82, 2.24) is 14.9 Å². The second-order valence-corrected chi connectivity index (χ2v) is 9.88. The van der Waals surface area contributed by atoms with Crippen LogP contribution in [0.2, 0.25) is 0 Å². The molecule has 0 bridgehead atoms. The van der Waals surface area contributed by atoms with E-state index >= 15 is 0 Å². The van der Waals surface area contributed by atoms with Crippen LogP contribution in [0.15, 0.2) is 29.2 Å². The van der Waals surface area contributed by atoms with E-state index in [1.54, 1.807) is 12.1 Å². The Labute approximate surface area is 174 Å². The van der Waals surface area contributed by atoms with Gasteiger partial charge in [0.25, 0.3) is 0 Å². The molecular formula is C20H32ClN3O3S. The molecule has 0 saturated carbocycles. The Morgan fingerprint density at radius 3 is 2.36 bits per heavy atom. The Bertz CT molecular complexity index is 738. The number of piperidine rings is 1. The predicted octanol–water partition coefficient (Wildman–Crippen LogP) is 2.50. The minimum atomic E-state index is -3.49. The molecule has 1 aromatic carbocycles. The summed E-state index contributed by atoms with van der Waals surface area (Å²) < 4.78 is 27.2. The molecule has 8 heteroatoms. The third kappa shape index (κ3) is 5.47. The number of benzene rings is 1. The summed E-state index contributed by atoms with van der Waals surface area (Å²) in [4.78, 5) is 12.7. The number of hydrogen-bond acceptors (Lipinski definition) is 4. The molecular weight excluding hydrogens is 398 g/mol. The first-order valence-electron chi connectivity index (χ1n) is 9.99. The fraction of sp³-hybridized carbons (Fsp3) is 0.650. The van der Waals surface area contributed by atoms with Crippen molar-refractivity contribution in [1.29, 1.82) is 0 Å². The molecule has 158 valence electrons. The molecule has 0 aliphatic carbocycles. The quantitative estimate of drug-likeness (QED) is 0.728. The maximum Gasteiger partial charge on any atom is 0.243 e. The zero-order valence-corrected chi connectivity index (χ0v) is 18.3. The van der Waals surface area contributed by atoms with Gasteiger partial charge in [-0.15, -0.1) is 12.4 Å². The Hall–Kier alpha value is -1.15. The van der Waals surface area contributed by atoms with Crippen LogP contribution >= 0.6 is 12.4 Å². The number of nitrogens with one attached hydrogen (secondary N) is 2. The normalized spacial score (nSPS) is 21.5. The van der Waals surface area contributed by atoms with Gasteiger partial charge in [0.05, 0.1) is 4.90 Å². The molecule has 2 aliphatic rings. The highest BCUT2D eigenvalue weighted by Gasteiger charge is 2.32. The molecule has 0 aromatic heterocycles. The first kappa shape index (κ1) is 23.1. The van der Waals surface area contributed by atoms with Crippen LogP contribution in [0.3, 0.4) is 0 Å². The first-order valence-corrected chi connectivity index (χ1v) is 11.4. The molecule has 2 fully saturated rings. The lowest BCUT2D eigenvalue weighted by atomic mass is 9.97. The Balaban J connectivity index is 0.00000280. The van der Waals surface area contributed by atoms with Gasteiger partial charge in [0.15, 0.2) is 0 Å². The summed E-state index contributed by atoms with van der Waals surface area (Å²) in [7, 11) is -3.49. The average molecular weight is 430 g/mol. The molecule has 1 unspecified atom stereocenters. The Kier molecular flexibility index (Phi) is 8.30. The van der Waals surface area contributed by atoms with E-state index in [4.69, 9.17) is 0 Å². The van der Waals surface area contributed by atoms with Crippen LogP contribution in [0.5, 0.6) is 0 Å². The number of hydrogen-bond donors (Lipinski definition) is 2. The summed E-state index contributed by atoms with van der Waals surface area (Å²) in [5.41, 5.74) is 1.13. The number of carbonyl (C=O) groups is 1. The van der Waals surface area contributed by atoms with Crippen molar-refractivity contribution in [2.24, 2.45) is 5.92 Å². The highest BCUT2D eigenvalue weighted by atomic mass is 35.5. The van der Waals surface area contributed by atoms with Crippen LogP contribution in [-0.2, 0) is 14.8 Å². The van der Waals surface area contributed by atoms with Gasteiger partial charge in [0.1, 0.15) is 0 Å². The standard InChI is InChI=1S/C20H31N3O3S.ClH/c1-15(2)16-5-7-19(8-6-16)27(25,26)23-12-9-17(10-13-23)20(24)22-14-18-4-3-11-21-18;/h5-8,15,17-18,21H,3-4,9-14H2,1-2H3,(H,22,24);1H. The van der Waals surface area contributed by atoms with Gasteiger partial charge < -0.3 is 10.6 Å². The van der Waals surface area contributed by atoms with E-state index in [9.17, 15) is 13.2 Å². The fourth-order valence-electron chi connectivity index (χ4n) is 3.83. The third-order valence-corrected chi connectivity index (χ3v) is 7.61. The maximum absolute atomic E-state index is 12.9. The number of sulfonamides is 1. The summed E-state index contributed by atoms with van der Waals surface area (Å²) in [5.74, 6) is 0.332. The molecule has 2 heterocycles. The average Bonchev–Trinajstić information content (AvgIpc) is 3.20. The van der Waals surface area contributed by atoms with Crippen molar-refractivity contribution < 1.29 is 13.2 Å². The summed E-state index contributed by atoms with van der Waals surface area (Å²) in [5, 5.41) is 6.40. The lowest BCUT2D eigenvalue weighted by molar-refractivity contribution is -0.126. The second kappa shape index (κ2) is 10.1. The van der Waals surface area contributed by atoms with Crippen molar-refractivity contribution in [2.45, 2.75) is 56.4 Å². The molecule has 2 N–H and O–H groups in total. The van der Waals surface area contributed by atoms with Crippen LogP contribution in [0.25, 0.3) is 0 Å². The Morgan fingerprint density at radius 2 is 1.82 bits per heavy atom. The van der Waals surface area contributed by atoms with Gasteiger partial charge in [-0.05, 0) is 55.8 Å². The van der Waals surface area contributed by atoms with E-state index in [0.717, 1.165) is 24.9 Å². The van der Waals surface area contributed by atoms with Gasteiger partial charge in [-0.1, -0.05) is 26.0 Å². The highest BCUT2D eigenvalue weighted by molar-refractivity contribution is 7.89. The number of nitrogens with zero attached hydrogens (tertiary/aromatic N) is 1. The van der Waals surface area contributed by atoms with E-state index < -0.39 is 10.0 Å². The molecule has 0 spiro atoms. The predicted molar refractivity (Wildman–Crippen MR) is 113 cm³/mol. The molecule has 1 amide bonds. The number of carbonyl (C=O) groups excluding carboxylic acids is 1. The molecule has 2 aliphatic heterocycles. The minimum absolute atomic E-state index is 0. The number of amides is 1. The van der Waals surface area contributed by atoms with Crippen molar-refractivity contribution in [2.75, 3.05) is 26.2 Å². The summed E-state index contributed by atoms with van der Waals surface area (Å²) in [6, 6.07) is 7.53. The number of halogens is 1. The van der Waals surface area contributed by atoms with E-state index in [-0.39, 0.29) is 24.2 Å². The molecule has 6 nitrogen and oxygen atoms in total. The second-order valence-electron chi connectivity index (χ2n) is 7.94. The van der Waals surface area contributed by atoms with Crippen molar-refractivity contribution in [3.63, 3.8) is 0 Å². The van der Waals surface area contributed by atoms with Crippen LogP contribution in [0, 0.1) is 5.92 Å². The third-order valence-electron chi connectivity index (χ3n) is 5.69. The highest BCUT2D eigenvalue weighted by Crippen LogP contribution is 2.25. The minimum Gasteiger partial charge on any atom is -0.354 e. The molecule has 28 heavy (non-hydrogen) atoms. The van der Waals surface area contributed by atoms with E-state index in [1.165, 1.54) is 4.31 Å². The summed E-state index contributed by atoms with van der Waals surface area (Å²) in [6.07, 6.45) is 3.42. The molecule has 1 aromatic rings. The van der Waals surface area contributed by atoms with Crippen molar-refractivity contribution in [3.8, 4) is 0 Å². The Morgan fingerprint density at radius 1 is 1.18 bits per heavy atom. The fourth-order valence-corrected chi connectivity index (χ4v) is 5.30. The van der Waals surface area contributed by atoms with E-state index in [1.807, 2.05) is 12.1 Å². The molecule has 1 atom stereocenters. The molecule has 0 radical (unpaired) electrons. The zero-order valence-electron chi connectivity index (χ0n) is 16.7. The van der Waals surface area contributed by atoms with Gasteiger partial charge in [-0.2, -0.15) is 4.31 Å². The molecule has 2 saturated heterocycles. The van der Waals surface area contributed by atoms with Crippen LogP contribution in [0.4, 0.5) is 0 Å². The van der Waals surface area contributed by atoms with Gasteiger partial charge in [-0.25, -0.2) is 8.42 Å². The topological polar surface area (TPSA) is 78.5 Å². The zero-order chi connectivity index (χ0) is 19.4. The maximum atomic E-state index is 12.9. The number of rotatable bonds is 6. The van der Waals surface area contributed by atoms with Gasteiger partial charge in [0.2, 0.25) is 15.9 Å². The van der Waals surface area contributed by atoms with E-state index in [2.05, 4.69) is 24.5 Å². The van der Waals surface area contributed by atoms with Crippen LogP contribution in [0.1, 0.15) is 51.0 Å². The van der Waals surface area contributed by atoms with Gasteiger partial charge in [0, 0.05) is 31.6 Å². The van der Waals surface area contributed by atoms with Gasteiger partial charge in [-0.3, -0.25) is 4.79 Å². The smallest absolute Gasteiger partial charge is 0.243 e. The van der Waals surface area contributed by atoms with E-state index in [0.29, 0.717) is 49.3 Å². The molecule has 3 rings (SSSR count). The largest absolute Gasteiger partial charge is 0.354 e. The van der Waals surface area contributed by atoms with Crippen molar-refractivity contribution >= 4 is 28.3 Å². The lowest BCUT2D eigenvalue weighted by Gasteiger charge is -2.30. The first-order chi connectivity index (χ1) is 12.9. The van der Waals surface area contributed by atoms with Crippen LogP contribution < -0.4 is 10.6 Å². The van der Waals surface area contributed by atoms with Gasteiger partial charge >= 0.3 is 0 Å². The SMILES string of the molecule is CC(C)c1ccc(S(=O)(=O)N2CCC(C(=O)NCC3CCCN3)CC2)cc1.Cl. The van der Waals surface area contributed by atoms with Crippen LogP contribution in [-0.4, -0.2) is 50.9 Å². The summed E-state index contributed by atoms with van der Waals surface area (Å²) >= 11 is 0. The summed E-state index contributed by atoms with van der Waals surface area (Å²) in [6.45, 7) is 6.65. The lowest BCUT2D eigenvalue weighted by Crippen LogP contribution is -2.45. The van der Waals surface area contributed by atoms with Crippen molar-refractivity contribution in [3.05, 3.63) is 29.8 Å². The monoisotopic (exact) mass is 429 g/mol.